The summed E-state index contributed by atoms with van der Waals surface area (Å²) in [7, 11) is 1.62. The standard InChI is InChI=1S/C11H13N3O3/c1-11(2,9(15)16)14(3)10-13-7-5-4-6-12-8(7)17-10/h4-6H,1-3H3,(H,15,16). The summed E-state index contributed by atoms with van der Waals surface area (Å²) in [6.45, 7) is 3.16. The molecule has 0 spiro atoms. The van der Waals surface area contributed by atoms with Gasteiger partial charge in [-0.1, -0.05) is 0 Å². The highest BCUT2D eigenvalue weighted by Gasteiger charge is 2.34. The van der Waals surface area contributed by atoms with Crippen molar-refractivity contribution in [3.63, 3.8) is 0 Å². The number of nitrogens with zero attached hydrogens (tertiary/aromatic N) is 3. The van der Waals surface area contributed by atoms with Gasteiger partial charge in [-0.3, -0.25) is 0 Å². The Morgan fingerprint density at radius 3 is 2.82 bits per heavy atom. The van der Waals surface area contributed by atoms with Crippen molar-refractivity contribution in [2.24, 2.45) is 0 Å². The first kappa shape index (κ1) is 11.4. The normalized spacial score (nSPS) is 11.7. The van der Waals surface area contributed by atoms with E-state index in [4.69, 9.17) is 9.52 Å². The predicted molar refractivity (Wildman–Crippen MR) is 61.9 cm³/mol. The van der Waals surface area contributed by atoms with Crippen molar-refractivity contribution in [3.8, 4) is 0 Å². The number of rotatable bonds is 3. The fourth-order valence-corrected chi connectivity index (χ4v) is 1.28. The van der Waals surface area contributed by atoms with Crippen molar-refractivity contribution in [1.82, 2.24) is 9.97 Å². The van der Waals surface area contributed by atoms with Gasteiger partial charge in [-0.05, 0) is 26.0 Å². The van der Waals surface area contributed by atoms with Crippen molar-refractivity contribution < 1.29 is 14.3 Å². The molecule has 0 fully saturated rings. The molecular weight excluding hydrogens is 222 g/mol. The molecular formula is C11H13N3O3. The quantitative estimate of drug-likeness (QED) is 0.868. The van der Waals surface area contributed by atoms with E-state index in [9.17, 15) is 4.79 Å². The fraction of sp³-hybridized carbons (Fsp3) is 0.364. The van der Waals surface area contributed by atoms with Gasteiger partial charge in [-0.15, -0.1) is 0 Å². The lowest BCUT2D eigenvalue weighted by molar-refractivity contribution is -0.142. The zero-order chi connectivity index (χ0) is 12.6. The third-order valence-corrected chi connectivity index (χ3v) is 2.80. The maximum absolute atomic E-state index is 11.1. The minimum Gasteiger partial charge on any atom is -0.480 e. The Balaban J connectivity index is 2.43. The van der Waals surface area contributed by atoms with E-state index in [1.165, 1.54) is 4.90 Å². The van der Waals surface area contributed by atoms with E-state index < -0.39 is 11.5 Å². The van der Waals surface area contributed by atoms with Crippen LogP contribution in [0.4, 0.5) is 6.01 Å². The Morgan fingerprint density at radius 2 is 2.24 bits per heavy atom. The van der Waals surface area contributed by atoms with Crippen LogP contribution in [0.3, 0.4) is 0 Å². The van der Waals surface area contributed by atoms with Gasteiger partial charge in [0.25, 0.3) is 6.01 Å². The Kier molecular flexibility index (Phi) is 2.49. The fourth-order valence-electron chi connectivity index (χ4n) is 1.28. The molecule has 0 aromatic carbocycles. The number of fused-ring (bicyclic) bond motifs is 1. The van der Waals surface area contributed by atoms with Gasteiger partial charge in [-0.25, -0.2) is 9.78 Å². The number of likely N-dealkylation sites (N-methyl/N-ethyl adjacent to an activating group) is 1. The third kappa shape index (κ3) is 1.82. The number of carboxylic acids is 1. The van der Waals surface area contributed by atoms with Gasteiger partial charge in [0.2, 0.25) is 5.71 Å². The van der Waals surface area contributed by atoms with Crippen LogP contribution in [0.1, 0.15) is 13.8 Å². The van der Waals surface area contributed by atoms with E-state index in [1.807, 2.05) is 0 Å². The molecule has 0 aliphatic heterocycles. The Morgan fingerprint density at radius 1 is 1.53 bits per heavy atom. The first-order chi connectivity index (χ1) is 7.93. The summed E-state index contributed by atoms with van der Waals surface area (Å²) in [6.07, 6.45) is 1.60. The topological polar surface area (TPSA) is 79.5 Å². The second-order valence-corrected chi connectivity index (χ2v) is 4.25. The van der Waals surface area contributed by atoms with Crippen LogP contribution in [-0.2, 0) is 4.79 Å². The summed E-state index contributed by atoms with van der Waals surface area (Å²) in [5, 5.41) is 9.12. The van der Waals surface area contributed by atoms with Crippen molar-refractivity contribution in [3.05, 3.63) is 18.3 Å². The zero-order valence-corrected chi connectivity index (χ0v) is 9.84. The number of hydrogen-bond donors (Lipinski definition) is 1. The first-order valence-corrected chi connectivity index (χ1v) is 5.11. The summed E-state index contributed by atoms with van der Waals surface area (Å²) in [5.74, 6) is -0.949. The molecule has 2 aromatic heterocycles. The maximum Gasteiger partial charge on any atom is 0.329 e. The van der Waals surface area contributed by atoms with Crippen LogP contribution >= 0.6 is 0 Å². The number of carboxylic acid groups (broad SMARTS) is 1. The molecule has 2 heterocycles. The van der Waals surface area contributed by atoms with E-state index in [1.54, 1.807) is 39.2 Å². The van der Waals surface area contributed by atoms with E-state index in [0.717, 1.165) is 0 Å². The Hall–Kier alpha value is -2.11. The van der Waals surface area contributed by atoms with E-state index >= 15 is 0 Å². The van der Waals surface area contributed by atoms with Gasteiger partial charge < -0.3 is 14.4 Å². The van der Waals surface area contributed by atoms with Crippen LogP contribution in [0, 0.1) is 0 Å². The number of aromatic nitrogens is 2. The molecule has 0 amide bonds. The molecule has 0 aliphatic rings. The highest BCUT2D eigenvalue weighted by Crippen LogP contribution is 2.24. The summed E-state index contributed by atoms with van der Waals surface area (Å²) in [6, 6.07) is 3.75. The van der Waals surface area contributed by atoms with Crippen molar-refractivity contribution in [2.45, 2.75) is 19.4 Å². The molecule has 0 aliphatic carbocycles. The molecule has 90 valence electrons. The molecule has 17 heavy (non-hydrogen) atoms. The van der Waals surface area contributed by atoms with Gasteiger partial charge in [0.05, 0.1) is 0 Å². The van der Waals surface area contributed by atoms with Gasteiger partial charge in [0.1, 0.15) is 11.1 Å². The monoisotopic (exact) mass is 235 g/mol. The van der Waals surface area contributed by atoms with E-state index in [2.05, 4.69) is 9.97 Å². The summed E-state index contributed by atoms with van der Waals surface area (Å²) < 4.78 is 5.41. The highest BCUT2D eigenvalue weighted by molar-refractivity contribution is 5.82. The lowest BCUT2D eigenvalue weighted by Crippen LogP contribution is -2.48. The Labute approximate surface area is 97.9 Å². The van der Waals surface area contributed by atoms with E-state index in [0.29, 0.717) is 11.2 Å². The number of anilines is 1. The average Bonchev–Trinajstić information content (AvgIpc) is 2.70. The molecule has 2 rings (SSSR count). The first-order valence-electron chi connectivity index (χ1n) is 5.11. The lowest BCUT2D eigenvalue weighted by atomic mass is 10.1. The number of aliphatic carboxylic acids is 1. The number of oxazole rings is 1. The SMILES string of the molecule is CN(c1nc2cccnc2o1)C(C)(C)C(=O)O. The molecule has 1 N–H and O–H groups in total. The molecule has 0 saturated carbocycles. The molecule has 6 nitrogen and oxygen atoms in total. The van der Waals surface area contributed by atoms with Crippen LogP contribution in [0.2, 0.25) is 0 Å². The highest BCUT2D eigenvalue weighted by atomic mass is 16.4. The number of hydrogen-bond acceptors (Lipinski definition) is 5. The van der Waals surface area contributed by atoms with Crippen LogP contribution in [0.5, 0.6) is 0 Å². The van der Waals surface area contributed by atoms with Gasteiger partial charge in [-0.2, -0.15) is 4.98 Å². The molecule has 0 atom stereocenters. The molecule has 0 radical (unpaired) electrons. The predicted octanol–water partition coefficient (Wildman–Crippen LogP) is 1.52. The van der Waals surface area contributed by atoms with Crippen LogP contribution in [-0.4, -0.2) is 33.6 Å². The summed E-state index contributed by atoms with van der Waals surface area (Å²) in [5.41, 5.74) is -0.0907. The minimum atomic E-state index is -1.10. The smallest absolute Gasteiger partial charge is 0.329 e. The lowest BCUT2D eigenvalue weighted by Gasteiger charge is -2.29. The van der Waals surface area contributed by atoms with Gasteiger partial charge >= 0.3 is 5.97 Å². The van der Waals surface area contributed by atoms with Gasteiger partial charge in [0, 0.05) is 13.2 Å². The molecule has 0 saturated heterocycles. The van der Waals surface area contributed by atoms with Crippen LogP contribution in [0.25, 0.3) is 11.2 Å². The molecule has 6 heteroatoms. The van der Waals surface area contributed by atoms with Crippen molar-refractivity contribution in [2.75, 3.05) is 11.9 Å². The van der Waals surface area contributed by atoms with Crippen LogP contribution in [0.15, 0.2) is 22.7 Å². The largest absolute Gasteiger partial charge is 0.480 e. The second kappa shape index (κ2) is 3.73. The molecule has 2 aromatic rings. The van der Waals surface area contributed by atoms with Gasteiger partial charge in [0.15, 0.2) is 0 Å². The van der Waals surface area contributed by atoms with Crippen molar-refractivity contribution >= 4 is 23.2 Å². The number of carbonyl (C=O) groups is 1. The average molecular weight is 235 g/mol. The van der Waals surface area contributed by atoms with E-state index in [-0.39, 0.29) is 6.01 Å². The molecule has 0 bridgehead atoms. The summed E-state index contributed by atoms with van der Waals surface area (Å²) in [4.78, 5) is 20.8. The van der Waals surface area contributed by atoms with Crippen molar-refractivity contribution in [1.29, 1.82) is 0 Å². The molecule has 0 unspecified atom stereocenters. The minimum absolute atomic E-state index is 0.242. The zero-order valence-electron chi connectivity index (χ0n) is 9.84. The second-order valence-electron chi connectivity index (χ2n) is 4.25. The number of pyridine rings is 1. The third-order valence-electron chi connectivity index (χ3n) is 2.80. The van der Waals surface area contributed by atoms with Crippen LogP contribution < -0.4 is 4.90 Å². The maximum atomic E-state index is 11.1. The summed E-state index contributed by atoms with van der Waals surface area (Å²) >= 11 is 0. The Bertz CT molecular complexity index is 529.